The van der Waals surface area contributed by atoms with Crippen molar-refractivity contribution in [3.05, 3.63) is 46.8 Å². The lowest BCUT2D eigenvalue weighted by Crippen LogP contribution is -2.18. The molecule has 0 spiro atoms. The van der Waals surface area contributed by atoms with Crippen LogP contribution < -0.4 is 10.6 Å². The molecule has 2 rings (SSSR count). The van der Waals surface area contributed by atoms with Gasteiger partial charge in [0.15, 0.2) is 0 Å². The molecular weight excluding hydrogens is 304 g/mol. The van der Waals surface area contributed by atoms with Gasteiger partial charge in [-0.3, -0.25) is 9.59 Å². The zero-order valence-corrected chi connectivity index (χ0v) is 14.4. The number of aromatic nitrogens is 2. The largest absolute Gasteiger partial charge is 0.311 e. The zero-order chi connectivity index (χ0) is 17.7. The van der Waals surface area contributed by atoms with Gasteiger partial charge in [0.05, 0.1) is 0 Å². The van der Waals surface area contributed by atoms with E-state index in [0.717, 1.165) is 22.5 Å². The summed E-state index contributed by atoms with van der Waals surface area (Å²) in [5.41, 5.74) is 3.72. The second-order valence-electron chi connectivity index (χ2n) is 5.94. The van der Waals surface area contributed by atoms with Gasteiger partial charge < -0.3 is 10.6 Å². The van der Waals surface area contributed by atoms with Crippen LogP contribution >= 0.6 is 0 Å². The molecule has 2 aromatic heterocycles. The van der Waals surface area contributed by atoms with Gasteiger partial charge in [-0.25, -0.2) is 9.97 Å². The summed E-state index contributed by atoms with van der Waals surface area (Å²) in [6.45, 7) is 7.61. The smallest absolute Gasteiger partial charge is 0.226 e. The van der Waals surface area contributed by atoms with Crippen molar-refractivity contribution < 1.29 is 9.59 Å². The van der Waals surface area contributed by atoms with Crippen LogP contribution in [0.2, 0.25) is 0 Å². The maximum absolute atomic E-state index is 12.0. The number of nitrogens with zero attached hydrogens (tertiary/aromatic N) is 2. The van der Waals surface area contributed by atoms with E-state index in [1.165, 1.54) is 0 Å². The molecule has 2 aromatic rings. The first-order chi connectivity index (χ1) is 11.3. The van der Waals surface area contributed by atoms with E-state index in [1.54, 1.807) is 12.1 Å². The summed E-state index contributed by atoms with van der Waals surface area (Å²) in [7, 11) is 0. The summed E-state index contributed by atoms with van der Waals surface area (Å²) < 4.78 is 0. The average molecular weight is 326 g/mol. The molecule has 2 amide bonds. The van der Waals surface area contributed by atoms with Gasteiger partial charge in [0.2, 0.25) is 11.8 Å². The first-order valence-electron chi connectivity index (χ1n) is 7.82. The first kappa shape index (κ1) is 17.6. The molecule has 0 saturated heterocycles. The molecule has 0 atom stereocenters. The molecule has 0 aliphatic rings. The van der Waals surface area contributed by atoms with Crippen LogP contribution in [0.25, 0.3) is 0 Å². The minimum atomic E-state index is -0.240. The van der Waals surface area contributed by atoms with Crippen LogP contribution in [0.3, 0.4) is 0 Å². The van der Waals surface area contributed by atoms with E-state index in [4.69, 9.17) is 0 Å². The van der Waals surface area contributed by atoms with Crippen LogP contribution in [-0.2, 0) is 9.59 Å². The number of carbonyl (C=O) groups is 2. The van der Waals surface area contributed by atoms with Crippen molar-refractivity contribution in [1.82, 2.24) is 9.97 Å². The molecule has 0 aliphatic carbocycles. The number of carbonyl (C=O) groups excluding carboxylic acids is 2. The first-order valence-corrected chi connectivity index (χ1v) is 7.82. The number of hydrogen-bond acceptors (Lipinski definition) is 4. The van der Waals surface area contributed by atoms with E-state index in [9.17, 15) is 9.59 Å². The van der Waals surface area contributed by atoms with Gasteiger partial charge in [0, 0.05) is 24.2 Å². The molecule has 0 bridgehead atoms. The van der Waals surface area contributed by atoms with Gasteiger partial charge in [0.1, 0.15) is 11.6 Å². The van der Waals surface area contributed by atoms with Gasteiger partial charge in [-0.05, 0) is 63.1 Å². The van der Waals surface area contributed by atoms with Crippen molar-refractivity contribution in [1.29, 1.82) is 0 Å². The second-order valence-corrected chi connectivity index (χ2v) is 5.94. The third-order valence-electron chi connectivity index (χ3n) is 3.31. The third kappa shape index (κ3) is 5.46. The van der Waals surface area contributed by atoms with Crippen molar-refractivity contribution in [2.75, 3.05) is 10.6 Å². The Morgan fingerprint density at radius 3 is 1.46 bits per heavy atom. The molecule has 0 radical (unpaired) electrons. The predicted molar refractivity (Wildman–Crippen MR) is 93.9 cm³/mol. The molecule has 6 heteroatoms. The summed E-state index contributed by atoms with van der Waals surface area (Å²) in [5.74, 6) is 0.537. The molecular formula is C18H22N4O2. The molecule has 0 unspecified atom stereocenters. The third-order valence-corrected chi connectivity index (χ3v) is 3.31. The lowest BCUT2D eigenvalue weighted by Gasteiger charge is -2.08. The topological polar surface area (TPSA) is 84.0 Å². The van der Waals surface area contributed by atoms with Crippen LogP contribution in [0.4, 0.5) is 11.6 Å². The summed E-state index contributed by atoms with van der Waals surface area (Å²) in [6.07, 6.45) is 0.177. The fourth-order valence-corrected chi connectivity index (χ4v) is 2.45. The number of rotatable bonds is 5. The van der Waals surface area contributed by atoms with E-state index >= 15 is 0 Å². The highest BCUT2D eigenvalue weighted by molar-refractivity contribution is 5.96. The number of nitrogens with one attached hydrogen (secondary N) is 2. The number of anilines is 2. The maximum Gasteiger partial charge on any atom is 0.226 e. The number of pyridine rings is 2. The zero-order valence-electron chi connectivity index (χ0n) is 14.4. The predicted octanol–water partition coefficient (Wildman–Crippen LogP) is 3.07. The Labute approximate surface area is 141 Å². The van der Waals surface area contributed by atoms with E-state index in [1.807, 2.05) is 39.8 Å². The lowest BCUT2D eigenvalue weighted by atomic mass is 10.2. The minimum absolute atomic E-state index is 0.0886. The van der Waals surface area contributed by atoms with Crippen LogP contribution in [0.5, 0.6) is 0 Å². The fourth-order valence-electron chi connectivity index (χ4n) is 2.45. The Hall–Kier alpha value is -2.76. The molecule has 0 saturated carbocycles. The maximum atomic E-state index is 12.0. The van der Waals surface area contributed by atoms with Crippen molar-refractivity contribution in [3.63, 3.8) is 0 Å². The average Bonchev–Trinajstić information content (AvgIpc) is 2.42. The summed E-state index contributed by atoms with van der Waals surface area (Å²) in [6, 6.07) is 7.45. The second kappa shape index (κ2) is 7.68. The SMILES string of the molecule is Cc1cc(C)nc(NC(=O)CCC(=O)Nc2cc(C)cc(C)n2)c1. The number of amides is 2. The highest BCUT2D eigenvalue weighted by Gasteiger charge is 2.09. The Balaban J connectivity index is 1.85. The Bertz CT molecular complexity index is 666. The van der Waals surface area contributed by atoms with E-state index in [0.29, 0.717) is 11.6 Å². The van der Waals surface area contributed by atoms with E-state index < -0.39 is 0 Å². The normalized spacial score (nSPS) is 10.3. The fraction of sp³-hybridized carbons (Fsp3) is 0.333. The number of aryl methyl sites for hydroxylation is 4. The van der Waals surface area contributed by atoms with Crippen molar-refractivity contribution in [3.8, 4) is 0 Å². The quantitative estimate of drug-likeness (QED) is 0.884. The molecule has 0 aliphatic heterocycles. The Morgan fingerprint density at radius 1 is 0.750 bits per heavy atom. The van der Waals surface area contributed by atoms with Gasteiger partial charge in [-0.15, -0.1) is 0 Å². The molecule has 126 valence electrons. The molecule has 24 heavy (non-hydrogen) atoms. The van der Waals surface area contributed by atoms with Crippen molar-refractivity contribution >= 4 is 23.5 Å². The van der Waals surface area contributed by atoms with Crippen molar-refractivity contribution in [2.45, 2.75) is 40.5 Å². The van der Waals surface area contributed by atoms with Gasteiger partial charge in [-0.2, -0.15) is 0 Å². The van der Waals surface area contributed by atoms with Gasteiger partial charge in [0.25, 0.3) is 0 Å². The summed E-state index contributed by atoms with van der Waals surface area (Å²) in [4.78, 5) is 32.4. The standard InChI is InChI=1S/C18H22N4O2/c1-11-7-13(3)19-15(9-11)21-17(23)5-6-18(24)22-16-10-12(2)8-14(4)20-16/h7-10H,5-6H2,1-4H3,(H,19,21,23)(H,20,22,24). The highest BCUT2D eigenvalue weighted by Crippen LogP contribution is 2.11. The van der Waals surface area contributed by atoms with Gasteiger partial charge >= 0.3 is 0 Å². The summed E-state index contributed by atoms with van der Waals surface area (Å²) >= 11 is 0. The van der Waals surface area contributed by atoms with Crippen LogP contribution in [0, 0.1) is 27.7 Å². The Morgan fingerprint density at radius 2 is 1.12 bits per heavy atom. The van der Waals surface area contributed by atoms with Crippen molar-refractivity contribution in [2.24, 2.45) is 0 Å². The molecule has 2 N–H and O–H groups in total. The monoisotopic (exact) mass is 326 g/mol. The highest BCUT2D eigenvalue weighted by atomic mass is 16.2. The van der Waals surface area contributed by atoms with Crippen LogP contribution in [0.1, 0.15) is 35.4 Å². The minimum Gasteiger partial charge on any atom is -0.311 e. The Kier molecular flexibility index (Phi) is 5.63. The van der Waals surface area contributed by atoms with Crippen LogP contribution in [-0.4, -0.2) is 21.8 Å². The molecule has 0 fully saturated rings. The van der Waals surface area contributed by atoms with E-state index in [2.05, 4.69) is 20.6 Å². The van der Waals surface area contributed by atoms with E-state index in [-0.39, 0.29) is 24.7 Å². The molecule has 6 nitrogen and oxygen atoms in total. The number of hydrogen-bond donors (Lipinski definition) is 2. The lowest BCUT2D eigenvalue weighted by molar-refractivity contribution is -0.121. The van der Waals surface area contributed by atoms with Gasteiger partial charge in [-0.1, -0.05) is 0 Å². The summed E-state index contributed by atoms with van der Waals surface area (Å²) in [5, 5.41) is 5.43. The molecule has 2 heterocycles. The molecule has 0 aromatic carbocycles. The van der Waals surface area contributed by atoms with Crippen LogP contribution in [0.15, 0.2) is 24.3 Å².